The molecule has 0 radical (unpaired) electrons. The highest BCUT2D eigenvalue weighted by molar-refractivity contribution is 9.10. The molecule has 0 amide bonds. The number of halogens is 2. The third kappa shape index (κ3) is 3.38. The fraction of sp³-hybridized carbons (Fsp3) is 0.143. The molecular formula is C14H11BrFNO2. The van der Waals surface area contributed by atoms with Crippen molar-refractivity contribution in [2.24, 2.45) is 0 Å². The Bertz CT molecular complexity index is 599. The predicted molar refractivity (Wildman–Crippen MR) is 73.0 cm³/mol. The molecule has 5 heteroatoms. The Balaban J connectivity index is 2.15. The molecule has 1 aromatic carbocycles. The molecule has 0 saturated heterocycles. The first kappa shape index (κ1) is 13.7. The average Bonchev–Trinajstić information content (AvgIpc) is 2.43. The van der Waals surface area contributed by atoms with Gasteiger partial charge in [-0.2, -0.15) is 0 Å². The summed E-state index contributed by atoms with van der Waals surface area (Å²) in [7, 11) is 0. The van der Waals surface area contributed by atoms with Gasteiger partial charge in [0.15, 0.2) is 5.78 Å². The number of hydrogen-bond donors (Lipinski definition) is 0. The van der Waals surface area contributed by atoms with E-state index >= 15 is 0 Å². The van der Waals surface area contributed by atoms with Gasteiger partial charge in [-0.25, -0.2) is 9.37 Å². The molecule has 1 aromatic heterocycles. The van der Waals surface area contributed by atoms with Crippen LogP contribution in [0, 0.1) is 5.82 Å². The third-order valence-electron chi connectivity index (χ3n) is 2.47. The van der Waals surface area contributed by atoms with E-state index in [2.05, 4.69) is 20.9 Å². The zero-order valence-corrected chi connectivity index (χ0v) is 11.8. The fourth-order valence-corrected chi connectivity index (χ4v) is 1.82. The summed E-state index contributed by atoms with van der Waals surface area (Å²) in [6.07, 6.45) is 1.89. The highest BCUT2D eigenvalue weighted by Gasteiger charge is 2.06. The Hall–Kier alpha value is -1.75. The minimum atomic E-state index is -0.352. The number of nitrogens with zero attached hydrogens (tertiary/aromatic N) is 1. The Morgan fingerprint density at radius 2 is 2.05 bits per heavy atom. The lowest BCUT2D eigenvalue weighted by Crippen LogP contribution is -1.99. The van der Waals surface area contributed by atoms with E-state index in [1.165, 1.54) is 24.4 Å². The molecule has 0 aliphatic carbocycles. The normalized spacial score (nSPS) is 10.3. The second kappa shape index (κ2) is 5.93. The summed E-state index contributed by atoms with van der Waals surface area (Å²) in [6.45, 7) is 1.78. The summed E-state index contributed by atoms with van der Waals surface area (Å²) in [5.74, 6) is 0.612. The number of hydrogen-bond acceptors (Lipinski definition) is 3. The molecule has 0 atom stereocenters. The number of Topliss-reactive ketones (excluding diaryl/α,β-unsaturated/α-hetero) is 1. The number of ketones is 1. The molecule has 0 aliphatic heterocycles. The molecule has 0 bridgehead atoms. The number of aromatic nitrogens is 1. The van der Waals surface area contributed by atoms with Crippen LogP contribution in [0.4, 0.5) is 4.39 Å². The van der Waals surface area contributed by atoms with Crippen molar-refractivity contribution < 1.29 is 13.9 Å². The van der Waals surface area contributed by atoms with Crippen molar-refractivity contribution in [3.8, 4) is 11.5 Å². The SMILES string of the molecule is CCC(=O)c1ccc(Oc2ccc(F)c(Br)c2)cn1. The summed E-state index contributed by atoms with van der Waals surface area (Å²) in [5.41, 5.74) is 0.412. The lowest BCUT2D eigenvalue weighted by Gasteiger charge is -2.06. The van der Waals surface area contributed by atoms with Crippen LogP contribution in [0.25, 0.3) is 0 Å². The van der Waals surface area contributed by atoms with Gasteiger partial charge in [-0.05, 0) is 46.3 Å². The Morgan fingerprint density at radius 3 is 2.63 bits per heavy atom. The molecule has 1 heterocycles. The molecule has 0 saturated carbocycles. The second-order valence-electron chi connectivity index (χ2n) is 3.83. The number of rotatable bonds is 4. The lowest BCUT2D eigenvalue weighted by molar-refractivity contribution is 0.0983. The molecule has 19 heavy (non-hydrogen) atoms. The van der Waals surface area contributed by atoms with Gasteiger partial charge in [-0.1, -0.05) is 6.92 Å². The molecule has 2 rings (SSSR count). The van der Waals surface area contributed by atoms with Gasteiger partial charge in [0, 0.05) is 6.42 Å². The lowest BCUT2D eigenvalue weighted by atomic mass is 10.2. The van der Waals surface area contributed by atoms with E-state index in [0.29, 0.717) is 28.1 Å². The van der Waals surface area contributed by atoms with Gasteiger partial charge in [0.1, 0.15) is 23.0 Å². The van der Waals surface area contributed by atoms with Crippen molar-refractivity contribution in [1.29, 1.82) is 0 Å². The van der Waals surface area contributed by atoms with Gasteiger partial charge in [-0.15, -0.1) is 0 Å². The molecule has 0 fully saturated rings. The molecule has 2 aromatic rings. The third-order valence-corrected chi connectivity index (χ3v) is 3.08. The summed E-state index contributed by atoms with van der Waals surface area (Å²) in [5, 5.41) is 0. The minimum absolute atomic E-state index is 0.0175. The first-order valence-corrected chi connectivity index (χ1v) is 6.51. The minimum Gasteiger partial charge on any atom is -0.456 e. The second-order valence-corrected chi connectivity index (χ2v) is 4.69. The summed E-state index contributed by atoms with van der Waals surface area (Å²) in [6, 6.07) is 7.63. The van der Waals surface area contributed by atoms with Crippen LogP contribution in [0.3, 0.4) is 0 Å². The number of ether oxygens (including phenoxy) is 1. The van der Waals surface area contributed by atoms with Crippen molar-refractivity contribution in [3.63, 3.8) is 0 Å². The van der Waals surface area contributed by atoms with Crippen molar-refractivity contribution in [2.45, 2.75) is 13.3 Å². The van der Waals surface area contributed by atoms with Gasteiger partial charge in [-0.3, -0.25) is 4.79 Å². The van der Waals surface area contributed by atoms with Gasteiger partial charge in [0.25, 0.3) is 0 Å². The van der Waals surface area contributed by atoms with E-state index in [0.717, 1.165) is 0 Å². The quantitative estimate of drug-likeness (QED) is 0.784. The maximum Gasteiger partial charge on any atom is 0.180 e. The van der Waals surface area contributed by atoms with E-state index in [9.17, 15) is 9.18 Å². The largest absolute Gasteiger partial charge is 0.456 e. The van der Waals surface area contributed by atoms with Crippen LogP contribution in [0.2, 0.25) is 0 Å². The molecular weight excluding hydrogens is 313 g/mol. The highest BCUT2D eigenvalue weighted by atomic mass is 79.9. The van der Waals surface area contributed by atoms with Crippen molar-refractivity contribution in [2.75, 3.05) is 0 Å². The number of carbonyl (C=O) groups excluding carboxylic acids is 1. The molecule has 0 N–H and O–H groups in total. The Labute approximate surface area is 118 Å². The maximum absolute atomic E-state index is 13.1. The Morgan fingerprint density at radius 1 is 1.32 bits per heavy atom. The number of benzene rings is 1. The fourth-order valence-electron chi connectivity index (χ4n) is 1.46. The highest BCUT2D eigenvalue weighted by Crippen LogP contribution is 2.26. The van der Waals surface area contributed by atoms with Crippen LogP contribution in [0.1, 0.15) is 23.8 Å². The van der Waals surface area contributed by atoms with Gasteiger partial charge in [0.05, 0.1) is 10.7 Å². The van der Waals surface area contributed by atoms with Gasteiger partial charge in [0.2, 0.25) is 0 Å². The van der Waals surface area contributed by atoms with Crippen LogP contribution >= 0.6 is 15.9 Å². The first-order valence-electron chi connectivity index (χ1n) is 5.72. The van der Waals surface area contributed by atoms with Crippen LogP contribution in [-0.4, -0.2) is 10.8 Å². The topological polar surface area (TPSA) is 39.2 Å². The number of carbonyl (C=O) groups is 1. The molecule has 98 valence electrons. The number of pyridine rings is 1. The summed E-state index contributed by atoms with van der Waals surface area (Å²) in [4.78, 5) is 15.4. The summed E-state index contributed by atoms with van der Waals surface area (Å²) >= 11 is 3.08. The molecule has 0 aliphatic rings. The first-order chi connectivity index (χ1) is 9.10. The molecule has 0 unspecified atom stereocenters. The smallest absolute Gasteiger partial charge is 0.180 e. The monoisotopic (exact) mass is 323 g/mol. The van der Waals surface area contributed by atoms with E-state index in [1.807, 2.05) is 0 Å². The standard InChI is InChI=1S/C14H11BrFNO2/c1-2-14(18)13-6-4-10(8-17-13)19-9-3-5-12(16)11(15)7-9/h3-8H,2H2,1H3. The van der Waals surface area contributed by atoms with Crippen LogP contribution in [0.15, 0.2) is 41.0 Å². The van der Waals surface area contributed by atoms with Gasteiger partial charge < -0.3 is 4.74 Å². The zero-order chi connectivity index (χ0) is 13.8. The van der Waals surface area contributed by atoms with E-state index in [4.69, 9.17) is 4.74 Å². The zero-order valence-electron chi connectivity index (χ0n) is 10.2. The molecule has 0 spiro atoms. The van der Waals surface area contributed by atoms with Crippen molar-refractivity contribution in [3.05, 3.63) is 52.5 Å². The Kier molecular flexibility index (Phi) is 4.27. The average molecular weight is 324 g/mol. The van der Waals surface area contributed by atoms with Crippen molar-refractivity contribution in [1.82, 2.24) is 4.98 Å². The molecule has 3 nitrogen and oxygen atoms in total. The van der Waals surface area contributed by atoms with E-state index in [1.54, 1.807) is 19.1 Å². The summed E-state index contributed by atoms with van der Waals surface area (Å²) < 4.78 is 18.9. The van der Waals surface area contributed by atoms with Crippen LogP contribution < -0.4 is 4.74 Å². The van der Waals surface area contributed by atoms with Crippen molar-refractivity contribution >= 4 is 21.7 Å². The maximum atomic E-state index is 13.1. The predicted octanol–water partition coefficient (Wildman–Crippen LogP) is 4.37. The van der Waals surface area contributed by atoms with Crippen LogP contribution in [-0.2, 0) is 0 Å². The van der Waals surface area contributed by atoms with Crippen LogP contribution in [0.5, 0.6) is 11.5 Å². The van der Waals surface area contributed by atoms with E-state index < -0.39 is 0 Å². The van der Waals surface area contributed by atoms with E-state index in [-0.39, 0.29) is 11.6 Å². The van der Waals surface area contributed by atoms with Gasteiger partial charge >= 0.3 is 0 Å².